The summed E-state index contributed by atoms with van der Waals surface area (Å²) in [6, 6.07) is 16.8. The second-order valence-electron chi connectivity index (χ2n) is 6.59. The topological polar surface area (TPSA) is 63.2 Å². The van der Waals surface area contributed by atoms with E-state index in [1.165, 1.54) is 30.0 Å². The van der Waals surface area contributed by atoms with Gasteiger partial charge in [-0.25, -0.2) is 17.2 Å². The molecule has 0 saturated heterocycles. The van der Waals surface area contributed by atoms with E-state index >= 15 is 0 Å². The largest absolute Gasteiger partial charge is 0.320 e. The van der Waals surface area contributed by atoms with Gasteiger partial charge in [-0.05, 0) is 42.0 Å². The monoisotopic (exact) mass is 443 g/mol. The van der Waals surface area contributed by atoms with Crippen molar-refractivity contribution in [2.75, 3.05) is 5.32 Å². The Morgan fingerprint density at radius 3 is 2.33 bits per heavy atom. The molecule has 1 heterocycles. The van der Waals surface area contributed by atoms with Crippen molar-refractivity contribution in [2.45, 2.75) is 15.5 Å². The summed E-state index contributed by atoms with van der Waals surface area (Å²) in [4.78, 5) is 13.5. The van der Waals surface area contributed by atoms with Gasteiger partial charge in [0.05, 0.1) is 21.2 Å². The SMILES string of the molecule is O=C1Nc2cc(S(=O)(=O)Cc3c(F)cccc3F)ccc2SC1=Cc1ccccc1. The summed E-state index contributed by atoms with van der Waals surface area (Å²) in [5.41, 5.74) is 0.691. The minimum Gasteiger partial charge on any atom is -0.320 e. The van der Waals surface area contributed by atoms with Crippen LogP contribution >= 0.6 is 11.8 Å². The Morgan fingerprint density at radius 1 is 0.933 bits per heavy atom. The van der Waals surface area contributed by atoms with Crippen LogP contribution in [0, 0.1) is 11.6 Å². The number of amides is 1. The van der Waals surface area contributed by atoms with E-state index in [4.69, 9.17) is 0 Å². The summed E-state index contributed by atoms with van der Waals surface area (Å²) in [5, 5.41) is 2.69. The molecule has 0 saturated carbocycles. The molecule has 0 spiro atoms. The molecule has 4 rings (SSSR count). The van der Waals surface area contributed by atoms with Crippen LogP contribution in [0.15, 0.2) is 81.4 Å². The Morgan fingerprint density at radius 2 is 1.63 bits per heavy atom. The zero-order chi connectivity index (χ0) is 21.3. The highest BCUT2D eigenvalue weighted by molar-refractivity contribution is 8.04. The van der Waals surface area contributed by atoms with Crippen LogP contribution in [0.25, 0.3) is 6.08 Å². The van der Waals surface area contributed by atoms with Gasteiger partial charge in [0.2, 0.25) is 0 Å². The lowest BCUT2D eigenvalue weighted by Gasteiger charge is -2.19. The zero-order valence-electron chi connectivity index (χ0n) is 15.4. The number of sulfone groups is 1. The van der Waals surface area contributed by atoms with Crippen LogP contribution in [0.1, 0.15) is 11.1 Å². The number of carbonyl (C=O) groups is 1. The maximum atomic E-state index is 13.9. The van der Waals surface area contributed by atoms with Gasteiger partial charge in [0, 0.05) is 10.5 Å². The van der Waals surface area contributed by atoms with Gasteiger partial charge in [-0.15, -0.1) is 0 Å². The van der Waals surface area contributed by atoms with Crippen LogP contribution in [-0.4, -0.2) is 14.3 Å². The average Bonchev–Trinajstić information content (AvgIpc) is 2.72. The number of fused-ring (bicyclic) bond motifs is 1. The van der Waals surface area contributed by atoms with Crippen molar-refractivity contribution >= 4 is 39.3 Å². The highest BCUT2D eigenvalue weighted by atomic mass is 32.2. The van der Waals surface area contributed by atoms with E-state index in [1.54, 1.807) is 12.1 Å². The summed E-state index contributed by atoms with van der Waals surface area (Å²) in [7, 11) is -4.03. The summed E-state index contributed by atoms with van der Waals surface area (Å²) < 4.78 is 53.2. The fraction of sp³-hybridized carbons (Fsp3) is 0.0455. The van der Waals surface area contributed by atoms with E-state index in [-0.39, 0.29) is 10.8 Å². The molecule has 1 aliphatic heterocycles. The molecule has 0 fully saturated rings. The summed E-state index contributed by atoms with van der Waals surface area (Å²) in [6.45, 7) is 0. The van der Waals surface area contributed by atoms with Gasteiger partial charge in [-0.2, -0.15) is 0 Å². The van der Waals surface area contributed by atoms with Gasteiger partial charge >= 0.3 is 0 Å². The fourth-order valence-corrected chi connectivity index (χ4v) is 5.30. The maximum Gasteiger partial charge on any atom is 0.262 e. The molecule has 8 heteroatoms. The van der Waals surface area contributed by atoms with Crippen LogP contribution in [0.5, 0.6) is 0 Å². The molecule has 3 aromatic rings. The first-order valence-corrected chi connectivity index (χ1v) is 11.4. The van der Waals surface area contributed by atoms with E-state index in [2.05, 4.69) is 5.32 Å². The number of nitrogens with one attached hydrogen (secondary N) is 1. The highest BCUT2D eigenvalue weighted by Crippen LogP contribution is 2.40. The lowest BCUT2D eigenvalue weighted by Crippen LogP contribution is -2.18. The molecule has 0 unspecified atom stereocenters. The van der Waals surface area contributed by atoms with Gasteiger partial charge in [-0.1, -0.05) is 48.2 Å². The Balaban J connectivity index is 1.63. The Labute approximate surface area is 176 Å². The number of anilines is 1. The zero-order valence-corrected chi connectivity index (χ0v) is 17.1. The summed E-state index contributed by atoms with van der Waals surface area (Å²) in [5.74, 6) is -3.01. The third-order valence-corrected chi connectivity index (χ3v) is 7.24. The van der Waals surface area contributed by atoms with Gasteiger partial charge in [-0.3, -0.25) is 4.79 Å². The van der Waals surface area contributed by atoms with Crippen molar-refractivity contribution in [2.24, 2.45) is 0 Å². The number of rotatable bonds is 4. The minimum absolute atomic E-state index is 0.125. The standard InChI is InChI=1S/C22H15F2NO3S2/c23-17-7-4-8-18(24)16(17)13-30(27,28)15-9-10-20-19(12-15)25-22(26)21(29-20)11-14-5-2-1-3-6-14/h1-12H,13H2,(H,25,26). The number of hydrogen-bond acceptors (Lipinski definition) is 4. The molecule has 0 aromatic heterocycles. The van der Waals surface area contributed by atoms with Crippen LogP contribution in [-0.2, 0) is 20.4 Å². The molecule has 1 aliphatic rings. The van der Waals surface area contributed by atoms with Crippen LogP contribution in [0.2, 0.25) is 0 Å². The molecule has 0 radical (unpaired) electrons. The van der Waals surface area contributed by atoms with Gasteiger partial charge in [0.1, 0.15) is 11.6 Å². The smallest absolute Gasteiger partial charge is 0.262 e. The Kier molecular flexibility index (Phi) is 5.44. The van der Waals surface area contributed by atoms with Crippen LogP contribution in [0.4, 0.5) is 14.5 Å². The molecule has 3 aromatic carbocycles. The molecule has 152 valence electrons. The van der Waals surface area contributed by atoms with Crippen molar-refractivity contribution in [1.29, 1.82) is 0 Å². The number of thioether (sulfide) groups is 1. The maximum absolute atomic E-state index is 13.9. The van der Waals surface area contributed by atoms with Crippen molar-refractivity contribution < 1.29 is 22.0 Å². The predicted octanol–water partition coefficient (Wildman–Crippen LogP) is 5.02. The molecule has 4 nitrogen and oxygen atoms in total. The number of hydrogen-bond donors (Lipinski definition) is 1. The number of halogens is 2. The predicted molar refractivity (Wildman–Crippen MR) is 113 cm³/mol. The molecule has 0 aliphatic carbocycles. The molecule has 1 amide bonds. The normalized spacial score (nSPS) is 15.0. The van der Waals surface area contributed by atoms with E-state index in [9.17, 15) is 22.0 Å². The first kappa shape index (κ1) is 20.3. The van der Waals surface area contributed by atoms with Crippen LogP contribution < -0.4 is 5.32 Å². The second-order valence-corrected chi connectivity index (χ2v) is 9.67. The average molecular weight is 443 g/mol. The van der Waals surface area contributed by atoms with Crippen LogP contribution in [0.3, 0.4) is 0 Å². The summed E-state index contributed by atoms with van der Waals surface area (Å²) in [6.07, 6.45) is 1.74. The lowest BCUT2D eigenvalue weighted by atomic mass is 10.2. The molecule has 30 heavy (non-hydrogen) atoms. The molecule has 0 bridgehead atoms. The number of benzene rings is 3. The highest BCUT2D eigenvalue weighted by Gasteiger charge is 2.25. The first-order valence-electron chi connectivity index (χ1n) is 8.89. The lowest BCUT2D eigenvalue weighted by molar-refractivity contribution is -0.112. The molecule has 1 N–H and O–H groups in total. The first-order chi connectivity index (χ1) is 14.3. The van der Waals surface area contributed by atoms with Crippen molar-refractivity contribution in [3.63, 3.8) is 0 Å². The molecule has 0 atom stereocenters. The Bertz CT molecular complexity index is 1250. The number of carbonyl (C=O) groups excluding carboxylic acids is 1. The van der Waals surface area contributed by atoms with E-state index in [0.717, 1.165) is 17.7 Å². The van der Waals surface area contributed by atoms with Crippen molar-refractivity contribution in [3.8, 4) is 0 Å². The van der Waals surface area contributed by atoms with E-state index in [1.807, 2.05) is 30.3 Å². The quantitative estimate of drug-likeness (QED) is 0.575. The van der Waals surface area contributed by atoms with Gasteiger partial charge in [0.15, 0.2) is 9.84 Å². The van der Waals surface area contributed by atoms with Crippen molar-refractivity contribution in [1.82, 2.24) is 0 Å². The second kappa shape index (κ2) is 8.04. The molecular weight excluding hydrogens is 428 g/mol. The van der Waals surface area contributed by atoms with Crippen molar-refractivity contribution in [3.05, 3.63) is 94.4 Å². The van der Waals surface area contributed by atoms with Gasteiger partial charge < -0.3 is 5.32 Å². The third kappa shape index (κ3) is 4.15. The summed E-state index contributed by atoms with van der Waals surface area (Å²) >= 11 is 1.22. The third-order valence-electron chi connectivity index (χ3n) is 4.50. The fourth-order valence-electron chi connectivity index (χ4n) is 2.98. The van der Waals surface area contributed by atoms with E-state index < -0.39 is 32.8 Å². The van der Waals surface area contributed by atoms with E-state index in [0.29, 0.717) is 15.5 Å². The molecular formula is C22H15F2NO3S2. The van der Waals surface area contributed by atoms with Gasteiger partial charge in [0.25, 0.3) is 5.91 Å². The minimum atomic E-state index is -4.03. The Hall–Kier alpha value is -2.97.